The van der Waals surface area contributed by atoms with Gasteiger partial charge in [0.1, 0.15) is 19.1 Å². The highest BCUT2D eigenvalue weighted by molar-refractivity contribution is 6.32. The molecule has 0 spiro atoms. The number of aromatic nitrogens is 5. The molecule has 0 aliphatic carbocycles. The lowest BCUT2D eigenvalue weighted by Crippen LogP contribution is -2.47. The van der Waals surface area contributed by atoms with Gasteiger partial charge in [0.2, 0.25) is 0 Å². The summed E-state index contributed by atoms with van der Waals surface area (Å²) in [6.07, 6.45) is -0.0451. The van der Waals surface area contributed by atoms with E-state index in [1.165, 1.54) is 24.0 Å². The summed E-state index contributed by atoms with van der Waals surface area (Å²) < 4.78 is 48.6. The average Bonchev–Trinajstić information content (AvgIpc) is 3.65. The van der Waals surface area contributed by atoms with Crippen LogP contribution in [0.25, 0.3) is 17.1 Å². The lowest BCUT2D eigenvalue weighted by Gasteiger charge is -2.35. The molecule has 11 nitrogen and oxygen atoms in total. The Labute approximate surface area is 299 Å². The summed E-state index contributed by atoms with van der Waals surface area (Å²) in [7, 11) is 0. The predicted octanol–water partition coefficient (Wildman–Crippen LogP) is 7.16. The van der Waals surface area contributed by atoms with Gasteiger partial charge in [0.15, 0.2) is 23.1 Å². The fourth-order valence-corrected chi connectivity index (χ4v) is 6.15. The van der Waals surface area contributed by atoms with Gasteiger partial charge in [-0.1, -0.05) is 76.6 Å². The van der Waals surface area contributed by atoms with Crippen LogP contribution in [0.1, 0.15) is 83.8 Å². The molecule has 5 rings (SSSR count). The molecule has 2 aromatic carbocycles. The zero-order chi connectivity index (χ0) is 37.3. The summed E-state index contributed by atoms with van der Waals surface area (Å²) in [4.78, 5) is 46.4. The topological polar surface area (TPSA) is 141 Å². The molecule has 1 aliphatic rings. The number of amides is 1. The van der Waals surface area contributed by atoms with Gasteiger partial charge in [-0.05, 0) is 48.1 Å². The molecule has 1 aliphatic heterocycles. The van der Waals surface area contributed by atoms with Crippen molar-refractivity contribution < 1.29 is 27.5 Å². The van der Waals surface area contributed by atoms with Crippen LogP contribution in [0.5, 0.6) is 0 Å². The van der Waals surface area contributed by atoms with Crippen molar-refractivity contribution in [1.29, 1.82) is 0 Å². The number of esters is 1. The fourth-order valence-electron chi connectivity index (χ4n) is 5.96. The molecule has 0 bridgehead atoms. The average molecular weight is 725 g/mol. The Morgan fingerprint density at radius 1 is 1.02 bits per heavy atom. The van der Waals surface area contributed by atoms with E-state index in [0.717, 1.165) is 16.6 Å². The Balaban J connectivity index is 1.59. The lowest BCUT2D eigenvalue weighted by atomic mass is 9.75. The van der Waals surface area contributed by atoms with E-state index in [4.69, 9.17) is 27.1 Å². The van der Waals surface area contributed by atoms with Crippen molar-refractivity contribution in [2.45, 2.75) is 78.6 Å². The maximum absolute atomic E-state index is 14.9. The first-order chi connectivity index (χ1) is 23.9. The summed E-state index contributed by atoms with van der Waals surface area (Å²) in [5.74, 6) is -1.50. The molecule has 0 fully saturated rings. The maximum Gasteiger partial charge on any atom is 0.306 e. The van der Waals surface area contributed by atoms with Crippen LogP contribution in [0.2, 0.25) is 5.02 Å². The first-order valence-corrected chi connectivity index (χ1v) is 16.7. The second kappa shape index (κ2) is 14.4. The van der Waals surface area contributed by atoms with Gasteiger partial charge in [-0.3, -0.25) is 14.5 Å². The summed E-state index contributed by atoms with van der Waals surface area (Å²) in [6.45, 7) is 10.1. The molecular formula is C36H40ClF3N8O3. The number of hydrogen-bond donors (Lipinski definition) is 1. The molecule has 0 saturated heterocycles. The highest BCUT2D eigenvalue weighted by atomic mass is 35.5. The number of halogens is 4. The van der Waals surface area contributed by atoms with Crippen LogP contribution in [-0.2, 0) is 19.9 Å². The molecule has 2 aromatic heterocycles. The van der Waals surface area contributed by atoms with Crippen molar-refractivity contribution in [1.82, 2.24) is 29.6 Å². The second-order valence-electron chi connectivity index (χ2n) is 14.4. The standard InChI is InChI=1S/C36H40ClF3N8O3/c1-21(38)35(5,6)17-28(49)51-18-27(23-10-13-25(37)26(16-23)48-31(29(39)40)44-20-45-48)47-32(50)36(46-33(47)41,19-34(2,3)4)24-11-8-22(9-12-24)30-42-14-7-15-43-30/h7-16,20-21,27,29H,17-19H2,1-6H3,(H2,41,46)/t21?,27-,36-/m1/s1. The molecule has 15 heteroatoms. The molecule has 51 heavy (non-hydrogen) atoms. The van der Waals surface area contributed by atoms with Gasteiger partial charge in [-0.15, -0.1) is 0 Å². The third kappa shape index (κ3) is 7.90. The Morgan fingerprint density at radius 2 is 1.69 bits per heavy atom. The minimum Gasteiger partial charge on any atom is -0.463 e. The maximum atomic E-state index is 14.9. The van der Waals surface area contributed by atoms with Crippen molar-refractivity contribution in [3.05, 3.63) is 89.2 Å². The summed E-state index contributed by atoms with van der Waals surface area (Å²) in [5, 5.41) is 4.01. The molecule has 0 saturated carbocycles. The van der Waals surface area contributed by atoms with Gasteiger partial charge in [-0.2, -0.15) is 5.10 Å². The molecule has 1 amide bonds. The van der Waals surface area contributed by atoms with Crippen LogP contribution in [0.3, 0.4) is 0 Å². The number of aliphatic imine (C=N–C) groups is 1. The Bertz CT molecular complexity index is 1910. The number of benzene rings is 2. The molecule has 270 valence electrons. The van der Waals surface area contributed by atoms with E-state index < -0.39 is 59.3 Å². The van der Waals surface area contributed by atoms with Crippen LogP contribution in [0.4, 0.5) is 13.2 Å². The fraction of sp³-hybridized carbons (Fsp3) is 0.417. The van der Waals surface area contributed by atoms with Crippen LogP contribution < -0.4 is 5.73 Å². The second-order valence-corrected chi connectivity index (χ2v) is 14.8. The summed E-state index contributed by atoms with van der Waals surface area (Å²) in [6, 6.07) is 12.2. The van der Waals surface area contributed by atoms with Gasteiger partial charge in [0, 0.05) is 23.4 Å². The van der Waals surface area contributed by atoms with Crippen LogP contribution in [-0.4, -0.2) is 60.2 Å². The summed E-state index contributed by atoms with van der Waals surface area (Å²) >= 11 is 6.48. The van der Waals surface area contributed by atoms with Crippen LogP contribution in [0.15, 0.2) is 72.2 Å². The highest BCUT2D eigenvalue weighted by Crippen LogP contribution is 2.45. The Kier molecular flexibility index (Phi) is 10.6. The van der Waals surface area contributed by atoms with Gasteiger partial charge in [0.05, 0.1) is 23.2 Å². The zero-order valence-corrected chi connectivity index (χ0v) is 29.9. The monoisotopic (exact) mass is 724 g/mol. The van der Waals surface area contributed by atoms with Crippen LogP contribution in [0, 0.1) is 10.8 Å². The third-order valence-electron chi connectivity index (χ3n) is 8.84. The Hall–Kier alpha value is -4.85. The van der Waals surface area contributed by atoms with Crippen molar-refractivity contribution >= 4 is 29.4 Å². The SMILES string of the molecule is CC(F)C(C)(C)CC(=O)OC[C@H](c1ccc(Cl)c(-n2ncnc2C(F)F)c1)N1C(=O)[C@@](CC(C)(C)C)(c2ccc(-c3ncccn3)cc2)N=C1N. The molecule has 3 atom stereocenters. The van der Waals surface area contributed by atoms with E-state index >= 15 is 0 Å². The summed E-state index contributed by atoms with van der Waals surface area (Å²) in [5.41, 5.74) is 5.34. The van der Waals surface area contributed by atoms with E-state index in [9.17, 15) is 22.8 Å². The van der Waals surface area contributed by atoms with E-state index in [1.807, 2.05) is 20.8 Å². The number of carbonyl (C=O) groups excluding carboxylic acids is 2. The van der Waals surface area contributed by atoms with Crippen molar-refractivity contribution in [3.63, 3.8) is 0 Å². The largest absolute Gasteiger partial charge is 0.463 e. The number of ether oxygens (including phenoxy) is 1. The minimum atomic E-state index is -2.97. The van der Waals surface area contributed by atoms with Crippen LogP contribution >= 0.6 is 11.6 Å². The van der Waals surface area contributed by atoms with Gasteiger partial charge >= 0.3 is 5.97 Å². The lowest BCUT2D eigenvalue weighted by molar-refractivity contribution is -0.150. The predicted molar refractivity (Wildman–Crippen MR) is 186 cm³/mol. The van der Waals surface area contributed by atoms with Gasteiger partial charge in [-0.25, -0.2) is 37.8 Å². The smallest absolute Gasteiger partial charge is 0.306 e. The van der Waals surface area contributed by atoms with Gasteiger partial charge < -0.3 is 10.5 Å². The number of nitrogens with two attached hydrogens (primary N) is 1. The number of hydrogen-bond acceptors (Lipinski definition) is 9. The van der Waals surface area contributed by atoms with E-state index in [-0.39, 0.29) is 29.5 Å². The molecule has 2 N–H and O–H groups in total. The highest BCUT2D eigenvalue weighted by Gasteiger charge is 2.53. The van der Waals surface area contributed by atoms with Crippen molar-refractivity contribution in [2.75, 3.05) is 6.61 Å². The molecule has 0 radical (unpaired) electrons. The quantitative estimate of drug-likeness (QED) is 0.152. The van der Waals surface area contributed by atoms with E-state index in [2.05, 4.69) is 20.1 Å². The van der Waals surface area contributed by atoms with E-state index in [0.29, 0.717) is 17.0 Å². The van der Waals surface area contributed by atoms with Gasteiger partial charge in [0.25, 0.3) is 12.3 Å². The Morgan fingerprint density at radius 3 is 2.29 bits per heavy atom. The molecule has 4 aromatic rings. The normalized spacial score (nSPS) is 17.8. The minimum absolute atomic E-state index is 0.0486. The first-order valence-electron chi connectivity index (χ1n) is 16.3. The number of nitrogens with zero attached hydrogens (tertiary/aromatic N) is 7. The first kappa shape index (κ1) is 37.4. The molecular weight excluding hydrogens is 685 g/mol. The molecule has 1 unspecified atom stereocenters. The number of alkyl halides is 3. The van der Waals surface area contributed by atoms with Crippen molar-refractivity contribution in [3.8, 4) is 17.1 Å². The van der Waals surface area contributed by atoms with Crippen molar-refractivity contribution in [2.24, 2.45) is 21.6 Å². The zero-order valence-electron chi connectivity index (χ0n) is 29.1. The number of guanidine groups is 1. The molecule has 3 heterocycles. The van der Waals surface area contributed by atoms with E-state index in [1.54, 1.807) is 62.6 Å². The number of carbonyl (C=O) groups is 2. The number of rotatable bonds is 12. The third-order valence-corrected chi connectivity index (χ3v) is 9.16.